The molecule has 0 atom stereocenters. The monoisotopic (exact) mass is 300 g/mol. The summed E-state index contributed by atoms with van der Waals surface area (Å²) < 4.78 is 28.1. The van der Waals surface area contributed by atoms with Crippen LogP contribution in [0.15, 0.2) is 18.2 Å². The molecule has 0 bridgehead atoms. The molecule has 20 heavy (non-hydrogen) atoms. The Hall–Kier alpha value is -1.43. The first-order valence-corrected chi connectivity index (χ1v) is 8.42. The van der Waals surface area contributed by atoms with Crippen molar-refractivity contribution in [2.45, 2.75) is 38.5 Å². The maximum absolute atomic E-state index is 11.7. The van der Waals surface area contributed by atoms with Crippen LogP contribution in [0.5, 0.6) is 5.75 Å². The zero-order valence-electron chi connectivity index (χ0n) is 12.7. The molecule has 0 aliphatic heterocycles. The number of benzene rings is 1. The van der Waals surface area contributed by atoms with Gasteiger partial charge in [-0.3, -0.25) is 0 Å². The summed E-state index contributed by atoms with van der Waals surface area (Å²) in [7, 11) is -3.13. The molecular weight excluding hydrogens is 276 g/mol. The van der Waals surface area contributed by atoms with Crippen LogP contribution in [-0.2, 0) is 9.84 Å². The summed E-state index contributed by atoms with van der Waals surface area (Å²) >= 11 is 0. The normalized spacial score (nSPS) is 12.5. The Morgan fingerprint density at radius 3 is 2.45 bits per heavy atom. The highest BCUT2D eigenvalue weighted by Crippen LogP contribution is 2.27. The summed E-state index contributed by atoms with van der Waals surface area (Å²) in [6.07, 6.45) is 1.27. The largest absolute Gasteiger partial charge is 0.489 e. The van der Waals surface area contributed by atoms with Crippen LogP contribution in [0, 0.1) is 0 Å². The minimum Gasteiger partial charge on any atom is -0.489 e. The summed E-state index contributed by atoms with van der Waals surface area (Å²) in [6.45, 7) is 7.55. The van der Waals surface area contributed by atoms with Gasteiger partial charge in [-0.2, -0.15) is 0 Å². The third kappa shape index (κ3) is 4.30. The third-order valence-electron chi connectivity index (χ3n) is 3.10. The van der Waals surface area contributed by atoms with Crippen LogP contribution >= 0.6 is 0 Å². The van der Waals surface area contributed by atoms with Crippen molar-refractivity contribution in [1.82, 2.24) is 0 Å². The average molecular weight is 300 g/mol. The molecule has 0 saturated carbocycles. The van der Waals surface area contributed by atoms with Crippen LogP contribution in [0.1, 0.15) is 27.7 Å². The number of ether oxygens (including phenoxy) is 1. The second-order valence-corrected chi connectivity index (χ2v) is 8.45. The van der Waals surface area contributed by atoms with Gasteiger partial charge >= 0.3 is 0 Å². The Morgan fingerprint density at radius 1 is 1.35 bits per heavy atom. The van der Waals surface area contributed by atoms with E-state index in [1.165, 1.54) is 6.26 Å². The molecule has 0 aliphatic rings. The topological polar surface area (TPSA) is 81.4 Å². The number of nitrogens with one attached hydrogen (secondary N) is 1. The zero-order valence-corrected chi connectivity index (χ0v) is 13.5. The molecule has 5 nitrogen and oxygen atoms in total. The van der Waals surface area contributed by atoms with E-state index in [0.29, 0.717) is 18.0 Å². The molecule has 0 unspecified atom stereocenters. The number of hydrogen-bond acceptors (Lipinski definition) is 5. The average Bonchev–Trinajstić information content (AvgIpc) is 2.28. The molecule has 1 rings (SSSR count). The maximum Gasteiger partial charge on any atom is 0.154 e. The van der Waals surface area contributed by atoms with Crippen molar-refractivity contribution in [1.29, 1.82) is 0 Å². The molecule has 0 radical (unpaired) electrons. The van der Waals surface area contributed by atoms with Crippen molar-refractivity contribution in [3.63, 3.8) is 0 Å². The molecule has 1 aromatic carbocycles. The lowest BCUT2D eigenvalue weighted by molar-refractivity contribution is 0.244. The van der Waals surface area contributed by atoms with Gasteiger partial charge in [-0.15, -0.1) is 0 Å². The third-order valence-corrected chi connectivity index (χ3v) is 5.25. The first kappa shape index (κ1) is 16.6. The van der Waals surface area contributed by atoms with Crippen molar-refractivity contribution in [2.75, 3.05) is 23.9 Å². The van der Waals surface area contributed by atoms with Gasteiger partial charge in [0.25, 0.3) is 0 Å². The molecule has 0 heterocycles. The van der Waals surface area contributed by atoms with Crippen LogP contribution < -0.4 is 15.8 Å². The Morgan fingerprint density at radius 2 is 1.95 bits per heavy atom. The van der Waals surface area contributed by atoms with Gasteiger partial charge in [-0.25, -0.2) is 8.42 Å². The second-order valence-electron chi connectivity index (χ2n) is 5.80. The van der Waals surface area contributed by atoms with Crippen LogP contribution in [0.2, 0.25) is 0 Å². The number of anilines is 2. The predicted molar refractivity (Wildman–Crippen MR) is 84.0 cm³/mol. The number of nitrogens with two attached hydrogens (primary N) is 1. The van der Waals surface area contributed by atoms with Crippen LogP contribution in [0.3, 0.4) is 0 Å². The van der Waals surface area contributed by atoms with Crippen molar-refractivity contribution in [3.05, 3.63) is 18.2 Å². The van der Waals surface area contributed by atoms with Crippen LogP contribution in [0.4, 0.5) is 11.4 Å². The van der Waals surface area contributed by atoms with Gasteiger partial charge < -0.3 is 15.8 Å². The molecule has 6 heteroatoms. The van der Waals surface area contributed by atoms with E-state index in [0.717, 1.165) is 5.69 Å². The number of nitrogen functional groups attached to an aromatic ring is 1. The van der Waals surface area contributed by atoms with Gasteiger partial charge in [0.2, 0.25) is 0 Å². The molecule has 3 N–H and O–H groups in total. The highest BCUT2D eigenvalue weighted by Gasteiger charge is 2.29. The number of sulfone groups is 1. The quantitative estimate of drug-likeness (QED) is 0.788. The van der Waals surface area contributed by atoms with E-state index in [9.17, 15) is 8.42 Å². The van der Waals surface area contributed by atoms with Gasteiger partial charge in [0.1, 0.15) is 5.75 Å². The fourth-order valence-corrected chi connectivity index (χ4v) is 1.78. The lowest BCUT2D eigenvalue weighted by atomic mass is 10.2. The lowest BCUT2D eigenvalue weighted by Crippen LogP contribution is -2.38. The lowest BCUT2D eigenvalue weighted by Gasteiger charge is -2.23. The Balaban J connectivity index is 2.84. The molecule has 114 valence electrons. The smallest absolute Gasteiger partial charge is 0.154 e. The summed E-state index contributed by atoms with van der Waals surface area (Å²) in [4.78, 5) is 0. The molecule has 1 aromatic rings. The fourth-order valence-electron chi connectivity index (χ4n) is 1.45. The summed E-state index contributed by atoms with van der Waals surface area (Å²) in [5.41, 5.74) is 7.19. The van der Waals surface area contributed by atoms with E-state index in [4.69, 9.17) is 10.5 Å². The first-order chi connectivity index (χ1) is 9.03. The minimum absolute atomic E-state index is 0.0278. The first-order valence-electron chi connectivity index (χ1n) is 6.52. The highest BCUT2D eigenvalue weighted by atomic mass is 32.2. The van der Waals surface area contributed by atoms with Gasteiger partial charge in [0.05, 0.1) is 16.5 Å². The molecule has 0 spiro atoms. The predicted octanol–water partition coefficient (Wildman–Crippen LogP) is 2.29. The van der Waals surface area contributed by atoms with Crippen molar-refractivity contribution in [3.8, 4) is 5.75 Å². The molecule has 0 aromatic heterocycles. The van der Waals surface area contributed by atoms with E-state index >= 15 is 0 Å². The Kier molecular flexibility index (Phi) is 4.91. The van der Waals surface area contributed by atoms with Gasteiger partial charge in [0.15, 0.2) is 9.84 Å². The highest BCUT2D eigenvalue weighted by molar-refractivity contribution is 7.92. The Labute approximate surface area is 121 Å². The standard InChI is InChI=1S/C14H24N2O3S/c1-10(2)19-13-8-11(6-7-12(13)15)16-9-14(3,4)20(5,17)18/h6-8,10,16H,9,15H2,1-5H3. The molecule has 0 amide bonds. The summed E-state index contributed by atoms with van der Waals surface area (Å²) in [5, 5.41) is 3.12. The molecule has 0 saturated heterocycles. The summed E-state index contributed by atoms with van der Waals surface area (Å²) in [5.74, 6) is 0.599. The van der Waals surface area contributed by atoms with Gasteiger partial charge in [0, 0.05) is 24.6 Å². The van der Waals surface area contributed by atoms with E-state index in [1.54, 1.807) is 32.0 Å². The van der Waals surface area contributed by atoms with Crippen molar-refractivity contribution in [2.24, 2.45) is 0 Å². The molecular formula is C14H24N2O3S. The van der Waals surface area contributed by atoms with Crippen LogP contribution in [0.25, 0.3) is 0 Å². The van der Waals surface area contributed by atoms with Crippen molar-refractivity contribution >= 4 is 21.2 Å². The van der Waals surface area contributed by atoms with Gasteiger partial charge in [-0.05, 0) is 39.8 Å². The van der Waals surface area contributed by atoms with Crippen molar-refractivity contribution < 1.29 is 13.2 Å². The van der Waals surface area contributed by atoms with Gasteiger partial charge in [-0.1, -0.05) is 0 Å². The van der Waals surface area contributed by atoms with E-state index in [2.05, 4.69) is 5.32 Å². The van der Waals surface area contributed by atoms with E-state index in [1.807, 2.05) is 13.8 Å². The Bertz CT molecular complexity index is 566. The second kappa shape index (κ2) is 5.91. The van der Waals surface area contributed by atoms with Crippen LogP contribution in [-0.4, -0.2) is 32.1 Å². The minimum atomic E-state index is -3.13. The SMILES string of the molecule is CC(C)Oc1cc(NCC(C)(C)S(C)(=O)=O)ccc1N. The fraction of sp³-hybridized carbons (Fsp3) is 0.571. The maximum atomic E-state index is 11.7. The zero-order chi connectivity index (χ0) is 15.6. The summed E-state index contributed by atoms with van der Waals surface area (Å²) in [6, 6.07) is 5.34. The molecule has 0 fully saturated rings. The van der Waals surface area contributed by atoms with E-state index < -0.39 is 14.6 Å². The number of rotatable bonds is 6. The number of hydrogen-bond donors (Lipinski definition) is 2. The van der Waals surface area contributed by atoms with E-state index in [-0.39, 0.29) is 6.10 Å². The molecule has 0 aliphatic carbocycles.